The summed E-state index contributed by atoms with van der Waals surface area (Å²) in [6.07, 6.45) is 6.65. The summed E-state index contributed by atoms with van der Waals surface area (Å²) in [5.41, 5.74) is 1.47. The molecule has 1 atom stereocenters. The van der Waals surface area contributed by atoms with Crippen LogP contribution in [0.5, 0.6) is 0 Å². The summed E-state index contributed by atoms with van der Waals surface area (Å²) >= 11 is 0. The van der Waals surface area contributed by atoms with Gasteiger partial charge in [0.2, 0.25) is 0 Å². The van der Waals surface area contributed by atoms with Crippen LogP contribution in [0.25, 0.3) is 0 Å². The van der Waals surface area contributed by atoms with Crippen molar-refractivity contribution in [2.75, 3.05) is 7.05 Å². The third kappa shape index (κ3) is 4.50. The van der Waals surface area contributed by atoms with Crippen LogP contribution in [0.1, 0.15) is 40.5 Å². The molecule has 0 aromatic carbocycles. The quantitative estimate of drug-likeness (QED) is 0.637. The van der Waals surface area contributed by atoms with Crippen LogP contribution in [-0.2, 0) is 0 Å². The Kier molecular flexibility index (Phi) is 5.59. The van der Waals surface area contributed by atoms with Crippen molar-refractivity contribution in [1.82, 2.24) is 5.32 Å². The van der Waals surface area contributed by atoms with Crippen molar-refractivity contribution in [1.29, 1.82) is 0 Å². The van der Waals surface area contributed by atoms with Gasteiger partial charge in [0.1, 0.15) is 0 Å². The Morgan fingerprint density at radius 2 is 2.07 bits per heavy atom. The van der Waals surface area contributed by atoms with Crippen molar-refractivity contribution in [2.45, 2.75) is 40.5 Å². The van der Waals surface area contributed by atoms with E-state index in [1.165, 1.54) is 6.42 Å². The maximum Gasteiger partial charge on any atom is 0.00693 e. The zero-order valence-electron chi connectivity index (χ0n) is 10.4. The maximum atomic E-state index is 3.89. The van der Waals surface area contributed by atoms with Gasteiger partial charge in [-0.15, -0.1) is 0 Å². The lowest BCUT2D eigenvalue weighted by Gasteiger charge is -2.28. The van der Waals surface area contributed by atoms with Crippen LogP contribution in [0.3, 0.4) is 0 Å². The van der Waals surface area contributed by atoms with Crippen LogP contribution in [0, 0.1) is 11.3 Å². The summed E-state index contributed by atoms with van der Waals surface area (Å²) in [6, 6.07) is 0. The Bertz CT molecular complexity index is 201. The molecule has 0 aliphatic heterocycles. The highest BCUT2D eigenvalue weighted by molar-refractivity contribution is 5.02. The van der Waals surface area contributed by atoms with E-state index < -0.39 is 0 Å². The molecule has 0 aromatic rings. The van der Waals surface area contributed by atoms with E-state index in [1.807, 2.05) is 7.05 Å². The summed E-state index contributed by atoms with van der Waals surface area (Å²) < 4.78 is 0. The number of rotatable bonds is 6. The third-order valence-corrected chi connectivity index (χ3v) is 3.29. The molecule has 0 aliphatic carbocycles. The first-order chi connectivity index (χ1) is 6.44. The lowest BCUT2D eigenvalue weighted by Crippen LogP contribution is -2.18. The van der Waals surface area contributed by atoms with Crippen molar-refractivity contribution < 1.29 is 0 Å². The molecule has 0 spiro atoms. The summed E-state index contributed by atoms with van der Waals surface area (Å²) in [7, 11) is 1.91. The van der Waals surface area contributed by atoms with Crippen molar-refractivity contribution >= 4 is 0 Å². The minimum atomic E-state index is 0.400. The predicted molar refractivity (Wildman–Crippen MR) is 65.2 cm³/mol. The van der Waals surface area contributed by atoms with Crippen LogP contribution in [-0.4, -0.2) is 7.05 Å². The summed E-state index contributed by atoms with van der Waals surface area (Å²) in [4.78, 5) is 0. The molecule has 0 rings (SSSR count). The van der Waals surface area contributed by atoms with E-state index in [9.17, 15) is 0 Å². The molecule has 1 nitrogen and oxygen atoms in total. The van der Waals surface area contributed by atoms with E-state index in [0.29, 0.717) is 11.3 Å². The Morgan fingerprint density at radius 1 is 1.50 bits per heavy atom. The highest BCUT2D eigenvalue weighted by Gasteiger charge is 2.20. The molecule has 0 saturated carbocycles. The van der Waals surface area contributed by atoms with E-state index >= 15 is 0 Å². The molecule has 82 valence electrons. The van der Waals surface area contributed by atoms with Crippen LogP contribution in [0.2, 0.25) is 0 Å². The van der Waals surface area contributed by atoms with Gasteiger partial charge in [-0.1, -0.05) is 52.8 Å². The van der Waals surface area contributed by atoms with E-state index in [0.717, 1.165) is 12.1 Å². The molecule has 0 heterocycles. The van der Waals surface area contributed by atoms with Crippen LogP contribution in [0.15, 0.2) is 24.4 Å². The topological polar surface area (TPSA) is 12.0 Å². The molecular weight excluding hydrogens is 170 g/mol. The second kappa shape index (κ2) is 5.90. The summed E-state index contributed by atoms with van der Waals surface area (Å²) in [5.74, 6) is 0.622. The van der Waals surface area contributed by atoms with E-state index in [-0.39, 0.29) is 0 Å². The molecule has 0 aromatic heterocycles. The van der Waals surface area contributed by atoms with Gasteiger partial charge in [0, 0.05) is 19.2 Å². The van der Waals surface area contributed by atoms with Gasteiger partial charge in [-0.05, 0) is 11.3 Å². The Hall–Kier alpha value is -0.720. The zero-order chi connectivity index (χ0) is 11.2. The first-order valence-electron chi connectivity index (χ1n) is 5.46. The lowest BCUT2D eigenvalue weighted by atomic mass is 9.77. The number of nitrogens with one attached hydrogen (secondary N) is 1. The van der Waals surface area contributed by atoms with Crippen LogP contribution < -0.4 is 5.32 Å². The normalized spacial score (nSPS) is 14.4. The van der Waals surface area contributed by atoms with Gasteiger partial charge < -0.3 is 5.32 Å². The smallest absolute Gasteiger partial charge is 0.00693 e. The Balaban J connectivity index is 4.05. The van der Waals surface area contributed by atoms with Crippen LogP contribution >= 0.6 is 0 Å². The van der Waals surface area contributed by atoms with E-state index in [1.54, 1.807) is 0 Å². The van der Waals surface area contributed by atoms with Crippen LogP contribution in [0.4, 0.5) is 0 Å². The number of allylic oxidation sites excluding steroid dienone is 2. The second-order valence-corrected chi connectivity index (χ2v) is 4.62. The van der Waals surface area contributed by atoms with E-state index in [2.05, 4.69) is 51.7 Å². The minimum absolute atomic E-state index is 0.400. The van der Waals surface area contributed by atoms with Gasteiger partial charge in [-0.2, -0.15) is 0 Å². The fourth-order valence-corrected chi connectivity index (χ4v) is 1.10. The second-order valence-electron chi connectivity index (χ2n) is 4.62. The lowest BCUT2D eigenvalue weighted by molar-refractivity contribution is 0.266. The molecule has 1 unspecified atom stereocenters. The Morgan fingerprint density at radius 3 is 2.50 bits per heavy atom. The molecule has 1 N–H and O–H groups in total. The summed E-state index contributed by atoms with van der Waals surface area (Å²) in [5, 5.41) is 3.05. The Labute approximate surface area is 89.3 Å². The number of hydrogen-bond acceptors (Lipinski definition) is 1. The van der Waals surface area contributed by atoms with Crippen molar-refractivity contribution in [2.24, 2.45) is 11.3 Å². The highest BCUT2D eigenvalue weighted by Crippen LogP contribution is 2.30. The first-order valence-corrected chi connectivity index (χ1v) is 5.46. The van der Waals surface area contributed by atoms with Gasteiger partial charge in [0.05, 0.1) is 0 Å². The largest absolute Gasteiger partial charge is 0.392 e. The molecule has 1 heteroatoms. The van der Waals surface area contributed by atoms with Crippen molar-refractivity contribution in [3.8, 4) is 0 Å². The first kappa shape index (κ1) is 13.3. The molecule has 0 fully saturated rings. The van der Waals surface area contributed by atoms with Gasteiger partial charge in [0.15, 0.2) is 0 Å². The average Bonchev–Trinajstić information content (AvgIpc) is 2.17. The van der Waals surface area contributed by atoms with E-state index in [4.69, 9.17) is 0 Å². The molecule has 14 heavy (non-hydrogen) atoms. The molecule has 0 bridgehead atoms. The molecule has 0 amide bonds. The number of hydrogen-bond donors (Lipinski definition) is 1. The molecular formula is C13H25N. The van der Waals surface area contributed by atoms with Gasteiger partial charge in [-0.3, -0.25) is 0 Å². The predicted octanol–water partition coefficient (Wildman–Crippen LogP) is 3.74. The minimum Gasteiger partial charge on any atom is -0.392 e. The van der Waals surface area contributed by atoms with Gasteiger partial charge in [0.25, 0.3) is 0 Å². The van der Waals surface area contributed by atoms with Crippen molar-refractivity contribution in [3.05, 3.63) is 24.4 Å². The monoisotopic (exact) mass is 195 g/mol. The van der Waals surface area contributed by atoms with Crippen molar-refractivity contribution in [3.63, 3.8) is 0 Å². The standard InChI is InChI=1S/C13H25N/c1-7-13(4,5)11(2)9-8-10-12(3)14-6/h8-9,11,14H,3,7,10H2,1-2,4-6H3/b9-8-. The molecule has 0 radical (unpaired) electrons. The highest BCUT2D eigenvalue weighted by atomic mass is 14.8. The maximum absolute atomic E-state index is 3.89. The fraction of sp³-hybridized carbons (Fsp3) is 0.692. The zero-order valence-corrected chi connectivity index (χ0v) is 10.4. The SMILES string of the molecule is C=C(C/C=C\C(C)C(C)(C)CC)NC. The fourth-order valence-electron chi connectivity index (χ4n) is 1.10. The summed E-state index contributed by atoms with van der Waals surface area (Å²) in [6.45, 7) is 13.0. The third-order valence-electron chi connectivity index (χ3n) is 3.29. The average molecular weight is 195 g/mol. The molecule has 0 aliphatic rings. The molecule has 0 saturated heterocycles. The van der Waals surface area contributed by atoms with Gasteiger partial charge >= 0.3 is 0 Å². The van der Waals surface area contributed by atoms with Gasteiger partial charge in [-0.25, -0.2) is 0 Å².